The summed E-state index contributed by atoms with van der Waals surface area (Å²) in [7, 11) is 0. The number of carbonyl (C=O) groups is 2. The van der Waals surface area contributed by atoms with Crippen molar-refractivity contribution in [3.63, 3.8) is 0 Å². The van der Waals surface area contributed by atoms with E-state index in [0.29, 0.717) is 13.1 Å². The summed E-state index contributed by atoms with van der Waals surface area (Å²) in [5.41, 5.74) is 5.35. The molecule has 2 amide bonds. The van der Waals surface area contributed by atoms with Crippen molar-refractivity contribution in [2.45, 2.75) is 39.5 Å². The van der Waals surface area contributed by atoms with E-state index in [1.165, 1.54) is 18.7 Å². The Kier molecular flexibility index (Phi) is 7.02. The zero-order chi connectivity index (χ0) is 11.0. The number of hydrogen-bond acceptors (Lipinski definition) is 3. The molecule has 0 aromatic rings. The molecule has 0 radical (unpaired) electrons. The van der Waals surface area contributed by atoms with Gasteiger partial charge in [0.05, 0.1) is 0 Å². The maximum absolute atomic E-state index is 11.0. The molecule has 0 aliphatic carbocycles. The number of nitrogens with two attached hydrogens (primary N) is 1. The van der Waals surface area contributed by atoms with Crippen molar-refractivity contribution in [3.8, 4) is 0 Å². The molecule has 0 aromatic carbocycles. The van der Waals surface area contributed by atoms with Crippen molar-refractivity contribution in [1.29, 1.82) is 0 Å². The van der Waals surface area contributed by atoms with Crippen molar-refractivity contribution in [2.75, 3.05) is 13.1 Å². The van der Waals surface area contributed by atoms with Crippen molar-refractivity contribution in [3.05, 3.63) is 0 Å². The van der Waals surface area contributed by atoms with Crippen molar-refractivity contribution < 1.29 is 9.59 Å². The fourth-order valence-corrected chi connectivity index (χ4v) is 1.30. The van der Waals surface area contributed by atoms with Crippen LogP contribution in [0.3, 0.4) is 0 Å². The molecular weight excluding hydrogens is 180 g/mol. The monoisotopic (exact) mass is 200 g/mol. The van der Waals surface area contributed by atoms with Gasteiger partial charge in [-0.2, -0.15) is 0 Å². The van der Waals surface area contributed by atoms with E-state index in [-0.39, 0.29) is 11.8 Å². The van der Waals surface area contributed by atoms with E-state index in [1.54, 1.807) is 0 Å². The van der Waals surface area contributed by atoms with Gasteiger partial charge >= 0.3 is 0 Å². The van der Waals surface area contributed by atoms with Gasteiger partial charge < -0.3 is 5.73 Å². The summed E-state index contributed by atoms with van der Waals surface area (Å²) in [5.74, 6) is -0.340. The molecule has 82 valence electrons. The summed E-state index contributed by atoms with van der Waals surface area (Å²) in [6.07, 6.45) is 3.98. The Labute approximate surface area is 85.4 Å². The Bertz CT molecular complexity index is 179. The summed E-state index contributed by atoms with van der Waals surface area (Å²) in [6, 6.07) is 0. The third kappa shape index (κ3) is 5.70. The Balaban J connectivity index is 3.62. The average molecular weight is 200 g/mol. The predicted molar refractivity (Wildman–Crippen MR) is 55.6 cm³/mol. The van der Waals surface area contributed by atoms with Crippen molar-refractivity contribution >= 4 is 11.8 Å². The van der Waals surface area contributed by atoms with Crippen molar-refractivity contribution in [2.24, 2.45) is 5.73 Å². The molecule has 14 heavy (non-hydrogen) atoms. The van der Waals surface area contributed by atoms with Gasteiger partial charge in [-0.15, -0.1) is 0 Å². The molecule has 2 N–H and O–H groups in total. The lowest BCUT2D eigenvalue weighted by molar-refractivity contribution is -0.142. The molecule has 0 heterocycles. The molecule has 0 saturated heterocycles. The van der Waals surface area contributed by atoms with Gasteiger partial charge in [-0.3, -0.25) is 14.5 Å². The number of nitrogens with zero attached hydrogens (tertiary/aromatic N) is 1. The summed E-state index contributed by atoms with van der Waals surface area (Å²) in [4.78, 5) is 23.3. The molecule has 0 atom stereocenters. The van der Waals surface area contributed by atoms with E-state index in [4.69, 9.17) is 5.73 Å². The van der Waals surface area contributed by atoms with Gasteiger partial charge in [0.1, 0.15) is 0 Å². The molecule has 0 fully saturated rings. The van der Waals surface area contributed by atoms with Gasteiger partial charge in [0.15, 0.2) is 0 Å². The largest absolute Gasteiger partial charge is 0.330 e. The molecule has 0 spiro atoms. The number of hydrogen-bond donors (Lipinski definition) is 1. The van der Waals surface area contributed by atoms with Gasteiger partial charge in [-0.25, -0.2) is 0 Å². The maximum atomic E-state index is 11.0. The smallest absolute Gasteiger partial charge is 0.226 e. The Morgan fingerprint density at radius 1 is 1.00 bits per heavy atom. The van der Waals surface area contributed by atoms with E-state index >= 15 is 0 Å². The van der Waals surface area contributed by atoms with Crippen LogP contribution in [0.2, 0.25) is 0 Å². The fourth-order valence-electron chi connectivity index (χ4n) is 1.30. The van der Waals surface area contributed by atoms with Crippen LogP contribution >= 0.6 is 0 Å². The Hall–Kier alpha value is -0.900. The van der Waals surface area contributed by atoms with E-state index in [2.05, 4.69) is 0 Å². The molecule has 0 aliphatic rings. The van der Waals surface area contributed by atoms with E-state index < -0.39 is 0 Å². The highest BCUT2D eigenvalue weighted by Gasteiger charge is 2.11. The number of rotatable bonds is 6. The summed E-state index contributed by atoms with van der Waals surface area (Å²) < 4.78 is 0. The first-order valence-electron chi connectivity index (χ1n) is 5.08. The van der Waals surface area contributed by atoms with Crippen LogP contribution < -0.4 is 5.73 Å². The first-order chi connectivity index (χ1) is 6.59. The Morgan fingerprint density at radius 2 is 1.50 bits per heavy atom. The second kappa shape index (κ2) is 7.50. The van der Waals surface area contributed by atoms with Gasteiger partial charge in [0.2, 0.25) is 11.8 Å². The molecule has 0 aliphatic heterocycles. The van der Waals surface area contributed by atoms with Gasteiger partial charge in [0, 0.05) is 20.4 Å². The van der Waals surface area contributed by atoms with Crippen LogP contribution in [0.25, 0.3) is 0 Å². The summed E-state index contributed by atoms with van der Waals surface area (Å²) in [6.45, 7) is 4.08. The molecule has 0 aromatic heterocycles. The van der Waals surface area contributed by atoms with E-state index in [1.807, 2.05) is 0 Å². The van der Waals surface area contributed by atoms with Crippen LogP contribution in [0.5, 0.6) is 0 Å². The maximum Gasteiger partial charge on any atom is 0.226 e. The molecular formula is C10H20N2O2. The van der Waals surface area contributed by atoms with E-state index in [0.717, 1.165) is 25.7 Å². The van der Waals surface area contributed by atoms with Gasteiger partial charge in [0.25, 0.3) is 0 Å². The SMILES string of the molecule is CC(=O)N(CCCCCCN)C(C)=O. The normalized spacial score (nSPS) is 9.93. The molecule has 4 nitrogen and oxygen atoms in total. The summed E-state index contributed by atoms with van der Waals surface area (Å²) in [5, 5.41) is 0. The van der Waals surface area contributed by atoms with Crippen LogP contribution in [0, 0.1) is 0 Å². The van der Waals surface area contributed by atoms with Crippen LogP contribution in [-0.4, -0.2) is 29.8 Å². The van der Waals surface area contributed by atoms with Crippen molar-refractivity contribution in [1.82, 2.24) is 4.90 Å². The zero-order valence-electron chi connectivity index (χ0n) is 9.08. The summed E-state index contributed by atoms with van der Waals surface area (Å²) >= 11 is 0. The Morgan fingerprint density at radius 3 is 1.93 bits per heavy atom. The number of carbonyl (C=O) groups excluding carboxylic acids is 2. The minimum Gasteiger partial charge on any atom is -0.330 e. The lowest BCUT2D eigenvalue weighted by Crippen LogP contribution is -2.34. The molecule has 0 bridgehead atoms. The lowest BCUT2D eigenvalue weighted by Gasteiger charge is -2.16. The topological polar surface area (TPSA) is 63.4 Å². The first-order valence-corrected chi connectivity index (χ1v) is 5.08. The zero-order valence-corrected chi connectivity index (χ0v) is 9.08. The molecule has 0 saturated carbocycles. The fraction of sp³-hybridized carbons (Fsp3) is 0.800. The highest BCUT2D eigenvalue weighted by atomic mass is 16.2. The predicted octanol–water partition coefficient (Wildman–Crippen LogP) is 0.901. The van der Waals surface area contributed by atoms with Gasteiger partial charge in [-0.1, -0.05) is 12.8 Å². The number of unbranched alkanes of at least 4 members (excludes halogenated alkanes) is 3. The minimum atomic E-state index is -0.170. The average Bonchev–Trinajstić information content (AvgIpc) is 2.09. The molecule has 4 heteroatoms. The third-order valence-corrected chi connectivity index (χ3v) is 2.10. The van der Waals surface area contributed by atoms with E-state index in [9.17, 15) is 9.59 Å². The van der Waals surface area contributed by atoms with Crippen LogP contribution in [0.1, 0.15) is 39.5 Å². The van der Waals surface area contributed by atoms with Gasteiger partial charge in [-0.05, 0) is 19.4 Å². The second-order valence-corrected chi connectivity index (χ2v) is 3.39. The molecule has 0 unspecified atom stereocenters. The third-order valence-electron chi connectivity index (χ3n) is 2.10. The van der Waals surface area contributed by atoms with Crippen LogP contribution in [0.4, 0.5) is 0 Å². The van der Waals surface area contributed by atoms with Crippen LogP contribution in [0.15, 0.2) is 0 Å². The highest BCUT2D eigenvalue weighted by Crippen LogP contribution is 2.01. The second-order valence-electron chi connectivity index (χ2n) is 3.39. The highest BCUT2D eigenvalue weighted by molar-refractivity contribution is 5.92. The quantitative estimate of drug-likeness (QED) is 0.648. The number of imide groups is 1. The van der Waals surface area contributed by atoms with Crippen LogP contribution in [-0.2, 0) is 9.59 Å². The lowest BCUT2D eigenvalue weighted by atomic mass is 10.2. The minimum absolute atomic E-state index is 0.170. The molecule has 0 rings (SSSR count). The first kappa shape index (κ1) is 13.1. The number of amides is 2. The standard InChI is InChI=1S/C10H20N2O2/c1-9(13)12(10(2)14)8-6-4-3-5-7-11/h3-8,11H2,1-2H3.